The van der Waals surface area contributed by atoms with Crippen molar-refractivity contribution in [2.75, 3.05) is 11.4 Å². The monoisotopic (exact) mass is 277 g/mol. The quantitative estimate of drug-likeness (QED) is 0.674. The number of carbonyl (C=O) groups is 1. The summed E-state index contributed by atoms with van der Waals surface area (Å²) in [5.74, 6) is -0.0118. The van der Waals surface area contributed by atoms with E-state index in [1.165, 1.54) is 6.07 Å². The normalized spacial score (nSPS) is 18.9. The van der Waals surface area contributed by atoms with Crippen LogP contribution in [-0.2, 0) is 4.79 Å². The molecule has 2 rings (SSSR count). The van der Waals surface area contributed by atoms with Crippen LogP contribution < -0.4 is 10.2 Å². The van der Waals surface area contributed by atoms with Gasteiger partial charge >= 0.3 is 0 Å². The molecule has 1 amide bonds. The highest BCUT2D eigenvalue weighted by Gasteiger charge is 2.34. The molecule has 1 heterocycles. The standard InChI is InChI=1S/C14H19N3O3/c1-9(2)15-11-7-8-16(14(11)18)12-5-4-6-13(10(12)3)17(19)20/h4-6,9,11,15H,7-8H2,1-3H3. The molecular weight excluding hydrogens is 258 g/mol. The lowest BCUT2D eigenvalue weighted by atomic mass is 10.1. The van der Waals surface area contributed by atoms with Crippen molar-refractivity contribution in [1.82, 2.24) is 5.32 Å². The molecule has 1 aliphatic heterocycles. The number of nitro groups is 1. The second kappa shape index (κ2) is 5.58. The molecular formula is C14H19N3O3. The summed E-state index contributed by atoms with van der Waals surface area (Å²) in [7, 11) is 0. The highest BCUT2D eigenvalue weighted by molar-refractivity contribution is 6.00. The van der Waals surface area contributed by atoms with Crippen LogP contribution in [0.1, 0.15) is 25.8 Å². The van der Waals surface area contributed by atoms with E-state index >= 15 is 0 Å². The zero-order chi connectivity index (χ0) is 14.9. The molecule has 1 fully saturated rings. The molecule has 1 atom stereocenters. The number of nitro benzene ring substituents is 1. The molecule has 1 aliphatic rings. The van der Waals surface area contributed by atoms with Crippen LogP contribution >= 0.6 is 0 Å². The molecule has 1 aromatic carbocycles. The second-order valence-corrected chi connectivity index (χ2v) is 5.33. The van der Waals surface area contributed by atoms with Crippen molar-refractivity contribution >= 4 is 17.3 Å². The number of amides is 1. The lowest BCUT2D eigenvalue weighted by molar-refractivity contribution is -0.385. The molecule has 20 heavy (non-hydrogen) atoms. The molecule has 6 heteroatoms. The van der Waals surface area contributed by atoms with Crippen molar-refractivity contribution in [3.05, 3.63) is 33.9 Å². The zero-order valence-electron chi connectivity index (χ0n) is 11.9. The van der Waals surface area contributed by atoms with Gasteiger partial charge in [0.2, 0.25) is 5.91 Å². The van der Waals surface area contributed by atoms with Gasteiger partial charge in [-0.25, -0.2) is 0 Å². The maximum Gasteiger partial charge on any atom is 0.274 e. The number of nitrogens with one attached hydrogen (secondary N) is 1. The van der Waals surface area contributed by atoms with Gasteiger partial charge in [-0.1, -0.05) is 19.9 Å². The van der Waals surface area contributed by atoms with Gasteiger partial charge in [-0.3, -0.25) is 14.9 Å². The highest BCUT2D eigenvalue weighted by atomic mass is 16.6. The molecule has 1 saturated heterocycles. The van der Waals surface area contributed by atoms with E-state index in [0.717, 1.165) is 6.42 Å². The number of hydrogen-bond donors (Lipinski definition) is 1. The second-order valence-electron chi connectivity index (χ2n) is 5.33. The number of hydrogen-bond acceptors (Lipinski definition) is 4. The molecule has 0 spiro atoms. The molecule has 0 saturated carbocycles. The lowest BCUT2D eigenvalue weighted by Crippen LogP contribution is -2.41. The van der Waals surface area contributed by atoms with E-state index in [2.05, 4.69) is 5.32 Å². The third-order valence-corrected chi connectivity index (χ3v) is 3.50. The predicted molar refractivity (Wildman–Crippen MR) is 76.9 cm³/mol. The fourth-order valence-electron chi connectivity index (χ4n) is 2.58. The Balaban J connectivity index is 2.28. The van der Waals surface area contributed by atoms with Crippen molar-refractivity contribution < 1.29 is 9.72 Å². The Kier molecular flexibility index (Phi) is 4.04. The third kappa shape index (κ3) is 2.65. The summed E-state index contributed by atoms with van der Waals surface area (Å²) in [4.78, 5) is 24.6. The van der Waals surface area contributed by atoms with E-state index in [1.807, 2.05) is 13.8 Å². The van der Waals surface area contributed by atoms with Gasteiger partial charge in [0.1, 0.15) is 0 Å². The molecule has 0 aromatic heterocycles. The van der Waals surface area contributed by atoms with Gasteiger partial charge in [0.05, 0.1) is 22.2 Å². The first-order valence-corrected chi connectivity index (χ1v) is 6.73. The van der Waals surface area contributed by atoms with E-state index in [9.17, 15) is 14.9 Å². The molecule has 1 aromatic rings. The SMILES string of the molecule is Cc1c(N2CCC(NC(C)C)C2=O)cccc1[N+](=O)[O-]. The summed E-state index contributed by atoms with van der Waals surface area (Å²) in [5.41, 5.74) is 1.23. The average Bonchev–Trinajstić information content (AvgIpc) is 2.70. The van der Waals surface area contributed by atoms with Crippen LogP contribution in [-0.4, -0.2) is 29.5 Å². The van der Waals surface area contributed by atoms with Crippen LogP contribution in [0.4, 0.5) is 11.4 Å². The molecule has 0 bridgehead atoms. The van der Waals surface area contributed by atoms with Crippen molar-refractivity contribution in [3.63, 3.8) is 0 Å². The van der Waals surface area contributed by atoms with Gasteiger partial charge in [0.15, 0.2) is 0 Å². The predicted octanol–water partition coefficient (Wildman–Crippen LogP) is 2.01. The van der Waals surface area contributed by atoms with Crippen molar-refractivity contribution in [2.24, 2.45) is 0 Å². The topological polar surface area (TPSA) is 75.5 Å². The lowest BCUT2D eigenvalue weighted by Gasteiger charge is -2.20. The van der Waals surface area contributed by atoms with Gasteiger partial charge in [-0.15, -0.1) is 0 Å². The Hall–Kier alpha value is -1.95. The van der Waals surface area contributed by atoms with E-state index in [0.29, 0.717) is 17.8 Å². The van der Waals surface area contributed by atoms with Gasteiger partial charge in [0, 0.05) is 18.7 Å². The molecule has 108 valence electrons. The number of benzene rings is 1. The fraction of sp³-hybridized carbons (Fsp3) is 0.500. The van der Waals surface area contributed by atoms with Crippen molar-refractivity contribution in [1.29, 1.82) is 0 Å². The first kappa shape index (κ1) is 14.5. The van der Waals surface area contributed by atoms with E-state index in [-0.39, 0.29) is 23.7 Å². The summed E-state index contributed by atoms with van der Waals surface area (Å²) >= 11 is 0. The van der Waals surface area contributed by atoms with Crippen LogP contribution in [0, 0.1) is 17.0 Å². The number of rotatable bonds is 4. The Morgan fingerprint density at radius 2 is 2.15 bits per heavy atom. The minimum atomic E-state index is -0.413. The summed E-state index contributed by atoms with van der Waals surface area (Å²) in [6.45, 7) is 6.26. The largest absolute Gasteiger partial charge is 0.310 e. The maximum atomic E-state index is 12.4. The first-order chi connectivity index (χ1) is 9.41. The third-order valence-electron chi connectivity index (χ3n) is 3.50. The van der Waals surface area contributed by atoms with E-state index in [1.54, 1.807) is 24.0 Å². The molecule has 1 N–H and O–H groups in total. The van der Waals surface area contributed by atoms with Gasteiger partial charge < -0.3 is 10.2 Å². The maximum absolute atomic E-state index is 12.4. The molecule has 0 radical (unpaired) electrons. The average molecular weight is 277 g/mol. The summed E-state index contributed by atoms with van der Waals surface area (Å²) in [5, 5.41) is 14.2. The Morgan fingerprint density at radius 1 is 1.45 bits per heavy atom. The first-order valence-electron chi connectivity index (χ1n) is 6.73. The van der Waals surface area contributed by atoms with Crippen LogP contribution in [0.2, 0.25) is 0 Å². The van der Waals surface area contributed by atoms with Crippen molar-refractivity contribution in [3.8, 4) is 0 Å². The molecule has 0 aliphatic carbocycles. The van der Waals surface area contributed by atoms with Gasteiger partial charge in [0.25, 0.3) is 5.69 Å². The highest BCUT2D eigenvalue weighted by Crippen LogP contribution is 2.31. The van der Waals surface area contributed by atoms with E-state index in [4.69, 9.17) is 0 Å². The minimum Gasteiger partial charge on any atom is -0.310 e. The minimum absolute atomic E-state index is 0.0118. The zero-order valence-corrected chi connectivity index (χ0v) is 11.9. The molecule has 1 unspecified atom stereocenters. The smallest absolute Gasteiger partial charge is 0.274 e. The fourth-order valence-corrected chi connectivity index (χ4v) is 2.58. The summed E-state index contributed by atoms with van der Waals surface area (Å²) < 4.78 is 0. The summed E-state index contributed by atoms with van der Waals surface area (Å²) in [6, 6.07) is 4.88. The van der Waals surface area contributed by atoms with Crippen LogP contribution in [0.25, 0.3) is 0 Å². The van der Waals surface area contributed by atoms with Crippen LogP contribution in [0.3, 0.4) is 0 Å². The number of carbonyl (C=O) groups excluding carboxylic acids is 1. The number of nitrogens with zero attached hydrogens (tertiary/aromatic N) is 2. The number of anilines is 1. The summed E-state index contributed by atoms with van der Waals surface area (Å²) in [6.07, 6.45) is 0.721. The van der Waals surface area contributed by atoms with Crippen LogP contribution in [0.5, 0.6) is 0 Å². The Labute approximate surface area is 117 Å². The van der Waals surface area contributed by atoms with Crippen LogP contribution in [0.15, 0.2) is 18.2 Å². The van der Waals surface area contributed by atoms with E-state index < -0.39 is 4.92 Å². The Bertz CT molecular complexity index is 542. The van der Waals surface area contributed by atoms with Gasteiger partial charge in [-0.2, -0.15) is 0 Å². The van der Waals surface area contributed by atoms with Gasteiger partial charge in [-0.05, 0) is 19.4 Å². The van der Waals surface area contributed by atoms with Crippen molar-refractivity contribution in [2.45, 2.75) is 39.3 Å². The molecule has 6 nitrogen and oxygen atoms in total. The Morgan fingerprint density at radius 3 is 2.75 bits per heavy atom.